The molecule has 0 aliphatic rings. The number of hydrogen-bond donors (Lipinski definition) is 1. The lowest BCUT2D eigenvalue weighted by Crippen LogP contribution is -2.37. The molecule has 2 aromatic rings. The van der Waals surface area contributed by atoms with E-state index < -0.39 is 11.7 Å². The van der Waals surface area contributed by atoms with Crippen LogP contribution in [-0.2, 0) is 9.59 Å². The van der Waals surface area contributed by atoms with Gasteiger partial charge in [-0.15, -0.1) is 0 Å². The van der Waals surface area contributed by atoms with Crippen molar-refractivity contribution in [2.24, 2.45) is 0 Å². The van der Waals surface area contributed by atoms with Crippen LogP contribution in [0.1, 0.15) is 12.5 Å². The largest absolute Gasteiger partial charge is 0.324 e. The van der Waals surface area contributed by atoms with Crippen LogP contribution in [0.15, 0.2) is 36.4 Å². The van der Waals surface area contributed by atoms with Crippen LogP contribution in [0.4, 0.5) is 15.8 Å². The maximum absolute atomic E-state index is 13.1. The van der Waals surface area contributed by atoms with Gasteiger partial charge in [0.15, 0.2) is 0 Å². The van der Waals surface area contributed by atoms with Gasteiger partial charge in [0.05, 0.1) is 5.02 Å². The Kier molecular flexibility index (Phi) is 5.80. The van der Waals surface area contributed by atoms with Gasteiger partial charge in [-0.1, -0.05) is 23.2 Å². The molecule has 7 heteroatoms. The maximum atomic E-state index is 13.1. The number of halogens is 3. The topological polar surface area (TPSA) is 49.4 Å². The minimum absolute atomic E-state index is 0.0928. The number of amides is 2. The van der Waals surface area contributed by atoms with Gasteiger partial charge in [-0.3, -0.25) is 9.59 Å². The van der Waals surface area contributed by atoms with Crippen molar-refractivity contribution < 1.29 is 14.0 Å². The summed E-state index contributed by atoms with van der Waals surface area (Å²) in [5.41, 5.74) is 1.72. The summed E-state index contributed by atoms with van der Waals surface area (Å²) in [7, 11) is 0. The molecule has 0 heterocycles. The molecule has 0 unspecified atom stereocenters. The highest BCUT2D eigenvalue weighted by atomic mass is 35.5. The SMILES string of the molecule is CC(=O)N(CC(=O)Nc1ccc(F)c(Cl)c1)c1ccc(Cl)cc1C. The average molecular weight is 369 g/mol. The van der Waals surface area contributed by atoms with E-state index in [0.29, 0.717) is 16.4 Å². The summed E-state index contributed by atoms with van der Waals surface area (Å²) in [5.74, 6) is -1.29. The number of carbonyl (C=O) groups is 2. The standard InChI is InChI=1S/C17H15Cl2FN2O2/c1-10-7-12(18)3-6-16(10)22(11(2)23)9-17(24)21-13-4-5-15(20)14(19)8-13/h3-8H,9H2,1-2H3,(H,21,24). The molecule has 24 heavy (non-hydrogen) atoms. The van der Waals surface area contributed by atoms with E-state index >= 15 is 0 Å². The van der Waals surface area contributed by atoms with E-state index in [4.69, 9.17) is 23.2 Å². The molecule has 0 aliphatic carbocycles. The van der Waals surface area contributed by atoms with Crippen LogP contribution in [0.3, 0.4) is 0 Å². The summed E-state index contributed by atoms with van der Waals surface area (Å²) >= 11 is 11.6. The van der Waals surface area contributed by atoms with Crippen LogP contribution < -0.4 is 10.2 Å². The molecule has 0 atom stereocenters. The second kappa shape index (κ2) is 7.64. The third-order valence-corrected chi connectivity index (χ3v) is 3.86. The van der Waals surface area contributed by atoms with Crippen molar-refractivity contribution in [3.8, 4) is 0 Å². The van der Waals surface area contributed by atoms with Crippen molar-refractivity contribution in [3.05, 3.63) is 57.8 Å². The van der Waals surface area contributed by atoms with Crippen molar-refractivity contribution >= 4 is 46.4 Å². The van der Waals surface area contributed by atoms with E-state index in [2.05, 4.69) is 5.32 Å². The fourth-order valence-corrected chi connectivity index (χ4v) is 2.61. The van der Waals surface area contributed by atoms with Gasteiger partial charge >= 0.3 is 0 Å². The zero-order chi connectivity index (χ0) is 17.9. The van der Waals surface area contributed by atoms with Gasteiger partial charge < -0.3 is 10.2 Å². The third-order valence-electron chi connectivity index (χ3n) is 3.33. The molecule has 0 spiro atoms. The molecule has 0 aliphatic heterocycles. The van der Waals surface area contributed by atoms with Gasteiger partial charge in [-0.05, 0) is 48.9 Å². The quantitative estimate of drug-likeness (QED) is 0.867. The van der Waals surface area contributed by atoms with Crippen LogP contribution in [0, 0.1) is 12.7 Å². The predicted molar refractivity (Wildman–Crippen MR) is 94.3 cm³/mol. The van der Waals surface area contributed by atoms with Crippen LogP contribution >= 0.6 is 23.2 Å². The van der Waals surface area contributed by atoms with Crippen molar-refractivity contribution in [1.29, 1.82) is 0 Å². The highest BCUT2D eigenvalue weighted by Gasteiger charge is 2.18. The fraction of sp³-hybridized carbons (Fsp3) is 0.176. The fourth-order valence-electron chi connectivity index (χ4n) is 2.21. The Balaban J connectivity index is 2.16. The van der Waals surface area contributed by atoms with Gasteiger partial charge in [-0.25, -0.2) is 4.39 Å². The highest BCUT2D eigenvalue weighted by Crippen LogP contribution is 2.24. The van der Waals surface area contributed by atoms with Gasteiger partial charge in [0.25, 0.3) is 0 Å². The molecular weight excluding hydrogens is 354 g/mol. The van der Waals surface area contributed by atoms with Gasteiger partial charge in [0.1, 0.15) is 12.4 Å². The molecule has 4 nitrogen and oxygen atoms in total. The maximum Gasteiger partial charge on any atom is 0.244 e. The van der Waals surface area contributed by atoms with E-state index in [9.17, 15) is 14.0 Å². The van der Waals surface area contributed by atoms with Crippen LogP contribution in [-0.4, -0.2) is 18.4 Å². The molecular formula is C17H15Cl2FN2O2. The average Bonchev–Trinajstić information content (AvgIpc) is 2.49. The molecule has 0 saturated heterocycles. The second-order valence-corrected chi connectivity index (χ2v) is 6.06. The van der Waals surface area contributed by atoms with Crippen molar-refractivity contribution in [1.82, 2.24) is 0 Å². The summed E-state index contributed by atoms with van der Waals surface area (Å²) in [5, 5.41) is 3.04. The first-order valence-corrected chi connectivity index (χ1v) is 7.82. The van der Waals surface area contributed by atoms with E-state index in [1.54, 1.807) is 25.1 Å². The Morgan fingerprint density at radius 3 is 2.46 bits per heavy atom. The van der Waals surface area contributed by atoms with Gasteiger partial charge in [0.2, 0.25) is 11.8 Å². The number of nitrogens with zero attached hydrogens (tertiary/aromatic N) is 1. The number of aryl methyl sites for hydroxylation is 1. The number of hydrogen-bond acceptors (Lipinski definition) is 2. The molecule has 1 N–H and O–H groups in total. The van der Waals surface area contributed by atoms with Crippen LogP contribution in [0.25, 0.3) is 0 Å². The lowest BCUT2D eigenvalue weighted by atomic mass is 10.1. The van der Waals surface area contributed by atoms with Crippen molar-refractivity contribution in [2.75, 3.05) is 16.8 Å². The molecule has 126 valence electrons. The summed E-state index contributed by atoms with van der Waals surface area (Å²) < 4.78 is 13.1. The Labute approximate surface area is 149 Å². The summed E-state index contributed by atoms with van der Waals surface area (Å²) in [6.45, 7) is 2.98. The number of benzene rings is 2. The molecule has 0 aromatic heterocycles. The van der Waals surface area contributed by atoms with E-state index in [1.165, 1.54) is 24.0 Å². The highest BCUT2D eigenvalue weighted by molar-refractivity contribution is 6.31. The Morgan fingerprint density at radius 2 is 1.88 bits per heavy atom. The van der Waals surface area contributed by atoms with Crippen molar-refractivity contribution in [3.63, 3.8) is 0 Å². The monoisotopic (exact) mass is 368 g/mol. The molecule has 0 fully saturated rings. The molecule has 0 saturated carbocycles. The normalized spacial score (nSPS) is 10.4. The lowest BCUT2D eigenvalue weighted by Gasteiger charge is -2.22. The second-order valence-electron chi connectivity index (χ2n) is 5.21. The third kappa shape index (κ3) is 4.46. The molecule has 0 bridgehead atoms. The minimum atomic E-state index is -0.572. The number of nitrogens with one attached hydrogen (secondary N) is 1. The number of rotatable bonds is 4. The first-order valence-electron chi connectivity index (χ1n) is 7.07. The van der Waals surface area contributed by atoms with Crippen LogP contribution in [0.5, 0.6) is 0 Å². The lowest BCUT2D eigenvalue weighted by molar-refractivity contribution is -0.120. The van der Waals surface area contributed by atoms with Gasteiger partial charge in [0, 0.05) is 23.3 Å². The molecule has 2 rings (SSSR count). The summed E-state index contributed by atoms with van der Waals surface area (Å²) in [6.07, 6.45) is 0. The van der Waals surface area contributed by atoms with E-state index in [-0.39, 0.29) is 17.5 Å². The number of anilines is 2. The minimum Gasteiger partial charge on any atom is -0.324 e. The number of carbonyl (C=O) groups excluding carboxylic acids is 2. The Bertz CT molecular complexity index is 796. The smallest absolute Gasteiger partial charge is 0.244 e. The first-order chi connectivity index (χ1) is 11.3. The van der Waals surface area contributed by atoms with Crippen LogP contribution in [0.2, 0.25) is 10.0 Å². The van der Waals surface area contributed by atoms with E-state index in [0.717, 1.165) is 11.6 Å². The zero-order valence-electron chi connectivity index (χ0n) is 13.1. The van der Waals surface area contributed by atoms with E-state index in [1.807, 2.05) is 0 Å². The van der Waals surface area contributed by atoms with Gasteiger partial charge in [-0.2, -0.15) is 0 Å². The Morgan fingerprint density at radius 1 is 1.17 bits per heavy atom. The Hall–Kier alpha value is -2.11. The molecule has 0 radical (unpaired) electrons. The summed E-state index contributed by atoms with van der Waals surface area (Å²) in [4.78, 5) is 25.5. The molecule has 2 amide bonds. The zero-order valence-corrected chi connectivity index (χ0v) is 14.6. The first kappa shape index (κ1) is 18.2. The predicted octanol–water partition coefficient (Wildman–Crippen LogP) is 4.43. The van der Waals surface area contributed by atoms with Crippen molar-refractivity contribution in [2.45, 2.75) is 13.8 Å². The summed E-state index contributed by atoms with van der Waals surface area (Å²) in [6, 6.07) is 8.90. The molecule has 2 aromatic carbocycles.